The van der Waals surface area contributed by atoms with Gasteiger partial charge in [-0.05, 0) is 39.0 Å². The van der Waals surface area contributed by atoms with Gasteiger partial charge in [-0.2, -0.15) is 20.1 Å². The van der Waals surface area contributed by atoms with Crippen LogP contribution in [0.25, 0.3) is 5.82 Å². The van der Waals surface area contributed by atoms with E-state index in [1.165, 1.54) is 22.7 Å². The molecule has 0 aromatic carbocycles. The summed E-state index contributed by atoms with van der Waals surface area (Å²) in [7, 11) is 0. The standard InChI is InChI=1S/C21H26ClN7O3/c1-13(20(31)25-16-6-9-32-10-7-16)28(14(2)30)21-15(11-23)12-24-29(21)19-18(22)17-5-3-4-8-27(17)26-19/h12-13,16H,3-10H2,1-2H3,(H,25,31). The molecule has 2 aromatic heterocycles. The van der Waals surface area contributed by atoms with E-state index in [2.05, 4.69) is 21.6 Å². The van der Waals surface area contributed by atoms with E-state index in [1.807, 2.05) is 4.68 Å². The molecule has 0 radical (unpaired) electrons. The number of anilines is 1. The molecule has 1 unspecified atom stereocenters. The van der Waals surface area contributed by atoms with Gasteiger partial charge in [-0.1, -0.05) is 11.6 Å². The summed E-state index contributed by atoms with van der Waals surface area (Å²) in [6, 6.07) is 1.20. The molecule has 11 heteroatoms. The second-order valence-electron chi connectivity index (χ2n) is 8.13. The molecule has 4 rings (SSSR count). The monoisotopic (exact) mass is 459 g/mol. The van der Waals surface area contributed by atoms with Gasteiger partial charge in [0.1, 0.15) is 22.7 Å². The Kier molecular flexibility index (Phi) is 6.48. The molecule has 10 nitrogen and oxygen atoms in total. The van der Waals surface area contributed by atoms with Gasteiger partial charge in [-0.3, -0.25) is 19.2 Å². The Hall–Kier alpha value is -2.90. The van der Waals surface area contributed by atoms with Crippen LogP contribution in [-0.4, -0.2) is 56.7 Å². The van der Waals surface area contributed by atoms with Crippen LogP contribution in [0, 0.1) is 11.3 Å². The third kappa shape index (κ3) is 4.10. The first-order chi connectivity index (χ1) is 15.4. The first-order valence-corrected chi connectivity index (χ1v) is 11.2. The van der Waals surface area contributed by atoms with Crippen LogP contribution >= 0.6 is 11.6 Å². The molecule has 2 aromatic rings. The molecule has 2 amide bonds. The SMILES string of the molecule is CC(=O)N(c1c(C#N)cnn1-c1nn2c(c1Cl)CCCC2)C(C)C(=O)NC1CCOCC1. The molecule has 1 atom stereocenters. The second kappa shape index (κ2) is 9.30. The number of halogens is 1. The number of carbonyl (C=O) groups excluding carboxylic acids is 2. The topological polar surface area (TPSA) is 118 Å². The largest absolute Gasteiger partial charge is 0.381 e. The minimum Gasteiger partial charge on any atom is -0.381 e. The highest BCUT2D eigenvalue weighted by Crippen LogP contribution is 2.33. The number of nitriles is 1. The van der Waals surface area contributed by atoms with E-state index in [9.17, 15) is 14.9 Å². The first-order valence-electron chi connectivity index (χ1n) is 10.8. The molecule has 1 fully saturated rings. The normalized spacial score (nSPS) is 17.3. The van der Waals surface area contributed by atoms with E-state index >= 15 is 0 Å². The average Bonchev–Trinajstić information content (AvgIpc) is 3.35. The summed E-state index contributed by atoms with van der Waals surface area (Å²) in [5.41, 5.74) is 1.07. The van der Waals surface area contributed by atoms with Crippen LogP contribution in [0.1, 0.15) is 50.8 Å². The second-order valence-corrected chi connectivity index (χ2v) is 8.51. The number of carbonyl (C=O) groups is 2. The van der Waals surface area contributed by atoms with Gasteiger partial charge >= 0.3 is 0 Å². The lowest BCUT2D eigenvalue weighted by molar-refractivity contribution is -0.126. The predicted molar refractivity (Wildman–Crippen MR) is 117 cm³/mol. The van der Waals surface area contributed by atoms with Crippen LogP contribution in [-0.2, 0) is 27.3 Å². The van der Waals surface area contributed by atoms with Crippen molar-refractivity contribution < 1.29 is 14.3 Å². The van der Waals surface area contributed by atoms with E-state index in [0.717, 1.165) is 44.3 Å². The smallest absolute Gasteiger partial charge is 0.243 e. The molecule has 1 N–H and O–H groups in total. The lowest BCUT2D eigenvalue weighted by Crippen LogP contribution is -2.51. The maximum Gasteiger partial charge on any atom is 0.243 e. The van der Waals surface area contributed by atoms with E-state index in [-0.39, 0.29) is 23.3 Å². The Morgan fingerprint density at radius 2 is 2.12 bits per heavy atom. The third-order valence-electron chi connectivity index (χ3n) is 5.98. The van der Waals surface area contributed by atoms with Crippen molar-refractivity contribution in [1.82, 2.24) is 24.9 Å². The fourth-order valence-electron chi connectivity index (χ4n) is 4.27. The molecule has 2 aliphatic heterocycles. The minimum absolute atomic E-state index is 0.0119. The summed E-state index contributed by atoms with van der Waals surface area (Å²) in [6.07, 6.45) is 5.62. The van der Waals surface area contributed by atoms with Crippen LogP contribution in [0.5, 0.6) is 0 Å². The summed E-state index contributed by atoms with van der Waals surface area (Å²) < 4.78 is 8.58. The highest BCUT2D eigenvalue weighted by Gasteiger charge is 2.33. The number of ether oxygens (including phenoxy) is 1. The molecule has 0 bridgehead atoms. The average molecular weight is 460 g/mol. The fraction of sp³-hybridized carbons (Fsp3) is 0.571. The number of fused-ring (bicyclic) bond motifs is 1. The van der Waals surface area contributed by atoms with E-state index in [4.69, 9.17) is 16.3 Å². The summed E-state index contributed by atoms with van der Waals surface area (Å²) in [5.74, 6) is -0.160. The van der Waals surface area contributed by atoms with Crippen LogP contribution in [0.3, 0.4) is 0 Å². The Bertz CT molecular complexity index is 1060. The predicted octanol–water partition coefficient (Wildman–Crippen LogP) is 1.97. The van der Waals surface area contributed by atoms with Crippen molar-refractivity contribution in [3.05, 3.63) is 22.5 Å². The number of amides is 2. The number of hydrogen-bond acceptors (Lipinski definition) is 6. The maximum atomic E-state index is 13.0. The van der Waals surface area contributed by atoms with Gasteiger partial charge in [-0.15, -0.1) is 0 Å². The number of nitrogens with one attached hydrogen (secondary N) is 1. The van der Waals surface area contributed by atoms with Crippen LogP contribution in [0.15, 0.2) is 6.20 Å². The van der Waals surface area contributed by atoms with Gasteiger partial charge < -0.3 is 10.1 Å². The summed E-state index contributed by atoms with van der Waals surface area (Å²) in [4.78, 5) is 27.0. The molecule has 4 heterocycles. The highest BCUT2D eigenvalue weighted by molar-refractivity contribution is 6.33. The van der Waals surface area contributed by atoms with Crippen molar-refractivity contribution in [2.24, 2.45) is 0 Å². The van der Waals surface area contributed by atoms with Gasteiger partial charge in [0, 0.05) is 32.7 Å². The van der Waals surface area contributed by atoms with E-state index < -0.39 is 11.9 Å². The molecule has 32 heavy (non-hydrogen) atoms. The lowest BCUT2D eigenvalue weighted by Gasteiger charge is -2.30. The van der Waals surface area contributed by atoms with Crippen LogP contribution in [0.2, 0.25) is 5.02 Å². The van der Waals surface area contributed by atoms with E-state index in [0.29, 0.717) is 24.1 Å². The van der Waals surface area contributed by atoms with Crippen molar-refractivity contribution >= 4 is 29.2 Å². The Morgan fingerprint density at radius 3 is 2.78 bits per heavy atom. The molecular weight excluding hydrogens is 434 g/mol. The minimum atomic E-state index is -0.867. The number of rotatable bonds is 5. The molecule has 170 valence electrons. The summed E-state index contributed by atoms with van der Waals surface area (Å²) >= 11 is 6.63. The summed E-state index contributed by atoms with van der Waals surface area (Å²) in [5, 5.41) is 22.1. The number of aryl methyl sites for hydroxylation is 1. The highest BCUT2D eigenvalue weighted by atomic mass is 35.5. The van der Waals surface area contributed by atoms with Gasteiger partial charge in [0.05, 0.1) is 11.9 Å². The van der Waals surface area contributed by atoms with Crippen LogP contribution < -0.4 is 10.2 Å². The number of aromatic nitrogens is 4. The molecule has 2 aliphatic rings. The van der Waals surface area contributed by atoms with Crippen LogP contribution in [0.4, 0.5) is 5.82 Å². The Balaban J connectivity index is 1.71. The third-order valence-corrected chi connectivity index (χ3v) is 6.36. The Morgan fingerprint density at radius 1 is 1.38 bits per heavy atom. The van der Waals surface area contributed by atoms with Gasteiger partial charge in [0.2, 0.25) is 11.8 Å². The van der Waals surface area contributed by atoms with Gasteiger partial charge in [0.25, 0.3) is 0 Å². The van der Waals surface area contributed by atoms with Crippen molar-refractivity contribution in [3.8, 4) is 11.9 Å². The molecular formula is C21H26ClN7O3. The zero-order chi connectivity index (χ0) is 22.8. The van der Waals surface area contributed by atoms with Crippen molar-refractivity contribution in [2.75, 3.05) is 18.1 Å². The maximum absolute atomic E-state index is 13.0. The zero-order valence-corrected chi connectivity index (χ0v) is 18.9. The molecule has 0 aliphatic carbocycles. The quantitative estimate of drug-likeness (QED) is 0.730. The first kappa shape index (κ1) is 22.3. The van der Waals surface area contributed by atoms with E-state index in [1.54, 1.807) is 6.92 Å². The number of hydrogen-bond donors (Lipinski definition) is 1. The lowest BCUT2D eigenvalue weighted by atomic mass is 10.1. The fourth-order valence-corrected chi connectivity index (χ4v) is 4.58. The van der Waals surface area contributed by atoms with Crippen molar-refractivity contribution in [3.63, 3.8) is 0 Å². The van der Waals surface area contributed by atoms with Crippen molar-refractivity contribution in [2.45, 2.75) is 64.6 Å². The molecule has 1 saturated heterocycles. The number of nitrogens with zero attached hydrogens (tertiary/aromatic N) is 6. The molecule has 0 spiro atoms. The van der Waals surface area contributed by atoms with Gasteiger partial charge in [-0.25, -0.2) is 0 Å². The Labute approximate surface area is 191 Å². The summed E-state index contributed by atoms with van der Waals surface area (Å²) in [6.45, 7) is 4.91. The molecule has 0 saturated carbocycles. The zero-order valence-electron chi connectivity index (χ0n) is 18.2. The van der Waals surface area contributed by atoms with Gasteiger partial charge in [0.15, 0.2) is 11.6 Å². The van der Waals surface area contributed by atoms with Crippen molar-refractivity contribution in [1.29, 1.82) is 5.26 Å².